The van der Waals surface area contributed by atoms with E-state index in [-0.39, 0.29) is 6.10 Å². The molecule has 17 heavy (non-hydrogen) atoms. The van der Waals surface area contributed by atoms with Gasteiger partial charge in [0.25, 0.3) is 0 Å². The van der Waals surface area contributed by atoms with Crippen LogP contribution < -0.4 is 0 Å². The summed E-state index contributed by atoms with van der Waals surface area (Å²) < 4.78 is 0. The summed E-state index contributed by atoms with van der Waals surface area (Å²) in [5, 5.41) is 11.3. The van der Waals surface area contributed by atoms with Crippen LogP contribution in [0.15, 0.2) is 12.7 Å². The molecule has 4 unspecified atom stereocenters. The van der Waals surface area contributed by atoms with Crippen LogP contribution in [0.2, 0.25) is 0 Å². The Bertz CT molecular complexity index is 263. The lowest BCUT2D eigenvalue weighted by Gasteiger charge is -2.32. The maximum Gasteiger partial charge on any atom is 0.0702 e. The van der Waals surface area contributed by atoms with E-state index in [1.165, 1.54) is 12.8 Å². The summed E-state index contributed by atoms with van der Waals surface area (Å²) in [6.45, 7) is 6.02. The highest BCUT2D eigenvalue weighted by Gasteiger charge is 2.42. The van der Waals surface area contributed by atoms with E-state index >= 15 is 0 Å². The fraction of sp³-hybridized carbons (Fsp3) is 0.857. The standard InChI is InChI=1S/C14H23ClOS/c1-3-9(2)12-8-17-14(13(12)16)10-4-6-11(15)7-5-10/h3,9-14,16H,1,4-8H2,2H3. The van der Waals surface area contributed by atoms with Gasteiger partial charge in [0.15, 0.2) is 0 Å². The van der Waals surface area contributed by atoms with Gasteiger partial charge in [0.2, 0.25) is 0 Å². The molecule has 0 aromatic heterocycles. The zero-order valence-corrected chi connectivity index (χ0v) is 12.1. The van der Waals surface area contributed by atoms with Gasteiger partial charge in [-0.2, -0.15) is 11.8 Å². The summed E-state index contributed by atoms with van der Waals surface area (Å²) in [5.41, 5.74) is 0. The molecule has 2 fully saturated rings. The van der Waals surface area contributed by atoms with E-state index in [1.54, 1.807) is 0 Å². The fourth-order valence-electron chi connectivity index (χ4n) is 3.12. The Morgan fingerprint density at radius 3 is 2.59 bits per heavy atom. The highest BCUT2D eigenvalue weighted by Crippen LogP contribution is 2.44. The quantitative estimate of drug-likeness (QED) is 0.626. The van der Waals surface area contributed by atoms with Crippen molar-refractivity contribution in [2.75, 3.05) is 5.75 Å². The summed E-state index contributed by atoms with van der Waals surface area (Å²) >= 11 is 8.11. The van der Waals surface area contributed by atoms with Gasteiger partial charge in [0, 0.05) is 16.5 Å². The molecule has 0 aromatic carbocycles. The molecule has 1 nitrogen and oxygen atoms in total. The second kappa shape index (κ2) is 5.99. The Kier molecular flexibility index (Phi) is 4.85. The molecule has 0 radical (unpaired) electrons. The number of hydrogen-bond acceptors (Lipinski definition) is 2. The molecule has 1 saturated carbocycles. The highest BCUT2D eigenvalue weighted by atomic mass is 35.5. The molecule has 0 aromatic rings. The molecule has 1 saturated heterocycles. The first kappa shape index (κ1) is 13.8. The van der Waals surface area contributed by atoms with Crippen LogP contribution in [-0.2, 0) is 0 Å². The van der Waals surface area contributed by atoms with E-state index in [0.29, 0.717) is 28.4 Å². The normalized spacial score (nSPS) is 44.5. The molecule has 0 bridgehead atoms. The van der Waals surface area contributed by atoms with Crippen LogP contribution in [-0.4, -0.2) is 27.6 Å². The molecule has 4 atom stereocenters. The molecule has 1 aliphatic carbocycles. The van der Waals surface area contributed by atoms with Crippen molar-refractivity contribution in [2.24, 2.45) is 17.8 Å². The monoisotopic (exact) mass is 274 g/mol. The lowest BCUT2D eigenvalue weighted by atomic mass is 9.80. The molecule has 1 aliphatic heterocycles. The van der Waals surface area contributed by atoms with Crippen molar-refractivity contribution >= 4 is 23.4 Å². The van der Waals surface area contributed by atoms with Crippen LogP contribution in [0, 0.1) is 17.8 Å². The first-order valence-electron chi connectivity index (χ1n) is 6.69. The van der Waals surface area contributed by atoms with Crippen molar-refractivity contribution in [3.05, 3.63) is 12.7 Å². The van der Waals surface area contributed by atoms with Gasteiger partial charge in [-0.1, -0.05) is 13.0 Å². The van der Waals surface area contributed by atoms with Gasteiger partial charge in [-0.15, -0.1) is 18.2 Å². The minimum absolute atomic E-state index is 0.148. The molecule has 1 N–H and O–H groups in total. The van der Waals surface area contributed by atoms with Crippen molar-refractivity contribution in [2.45, 2.75) is 49.3 Å². The molecular weight excluding hydrogens is 252 g/mol. The third kappa shape index (κ3) is 3.02. The second-order valence-electron chi connectivity index (χ2n) is 5.56. The molecule has 0 amide bonds. The summed E-state index contributed by atoms with van der Waals surface area (Å²) in [5.74, 6) is 2.58. The van der Waals surface area contributed by atoms with Crippen LogP contribution in [0.4, 0.5) is 0 Å². The summed E-state index contributed by atoms with van der Waals surface area (Å²) in [6, 6.07) is 0. The molecule has 2 aliphatic rings. The van der Waals surface area contributed by atoms with E-state index in [2.05, 4.69) is 13.5 Å². The van der Waals surface area contributed by atoms with Crippen molar-refractivity contribution in [1.82, 2.24) is 0 Å². The van der Waals surface area contributed by atoms with E-state index in [4.69, 9.17) is 11.6 Å². The molecular formula is C14H23ClOS. The number of rotatable bonds is 3. The van der Waals surface area contributed by atoms with Crippen LogP contribution in [0.5, 0.6) is 0 Å². The minimum Gasteiger partial charge on any atom is -0.392 e. The van der Waals surface area contributed by atoms with E-state index in [1.807, 2.05) is 17.8 Å². The Morgan fingerprint density at radius 2 is 2.00 bits per heavy atom. The van der Waals surface area contributed by atoms with Gasteiger partial charge in [0.1, 0.15) is 0 Å². The molecule has 1 heterocycles. The van der Waals surface area contributed by atoms with Gasteiger partial charge in [-0.05, 0) is 43.3 Å². The zero-order valence-electron chi connectivity index (χ0n) is 10.5. The Labute approximate surface area is 114 Å². The SMILES string of the molecule is C=CC(C)C1CSC(C2CCC(Cl)CC2)C1O. The first-order valence-corrected chi connectivity index (χ1v) is 8.18. The predicted molar refractivity (Wildman–Crippen MR) is 76.7 cm³/mol. The maximum atomic E-state index is 10.5. The van der Waals surface area contributed by atoms with Crippen molar-refractivity contribution < 1.29 is 5.11 Å². The van der Waals surface area contributed by atoms with Gasteiger partial charge < -0.3 is 5.11 Å². The Morgan fingerprint density at radius 1 is 1.35 bits per heavy atom. The molecule has 3 heteroatoms. The van der Waals surface area contributed by atoms with E-state index in [0.717, 1.165) is 18.6 Å². The van der Waals surface area contributed by atoms with Crippen LogP contribution in [0.25, 0.3) is 0 Å². The average Bonchev–Trinajstić information content (AvgIpc) is 2.71. The van der Waals surface area contributed by atoms with E-state index in [9.17, 15) is 5.11 Å². The van der Waals surface area contributed by atoms with Crippen LogP contribution in [0.1, 0.15) is 32.6 Å². The van der Waals surface area contributed by atoms with Crippen LogP contribution in [0.3, 0.4) is 0 Å². The van der Waals surface area contributed by atoms with E-state index < -0.39 is 0 Å². The van der Waals surface area contributed by atoms with Gasteiger partial charge >= 0.3 is 0 Å². The lowest BCUT2D eigenvalue weighted by Crippen LogP contribution is -2.35. The van der Waals surface area contributed by atoms with Crippen molar-refractivity contribution in [3.63, 3.8) is 0 Å². The smallest absolute Gasteiger partial charge is 0.0702 e. The van der Waals surface area contributed by atoms with Crippen molar-refractivity contribution in [3.8, 4) is 0 Å². The number of alkyl halides is 1. The fourth-order valence-corrected chi connectivity index (χ4v) is 5.26. The minimum atomic E-state index is -0.148. The Balaban J connectivity index is 1.93. The second-order valence-corrected chi connectivity index (χ2v) is 7.39. The number of hydrogen-bond donors (Lipinski definition) is 1. The number of thioether (sulfide) groups is 1. The van der Waals surface area contributed by atoms with Crippen molar-refractivity contribution in [1.29, 1.82) is 0 Å². The van der Waals surface area contributed by atoms with Crippen LogP contribution >= 0.6 is 23.4 Å². The molecule has 98 valence electrons. The van der Waals surface area contributed by atoms with Gasteiger partial charge in [0.05, 0.1) is 6.10 Å². The largest absolute Gasteiger partial charge is 0.392 e. The number of aliphatic hydroxyl groups is 1. The Hall–Kier alpha value is 0.340. The number of allylic oxidation sites excluding steroid dienone is 1. The highest BCUT2D eigenvalue weighted by molar-refractivity contribution is 8.00. The first-order chi connectivity index (χ1) is 8.13. The predicted octanol–water partition coefficient (Wildman–Crippen LogP) is 3.70. The third-order valence-electron chi connectivity index (χ3n) is 4.47. The number of aliphatic hydroxyl groups excluding tert-OH is 1. The molecule has 2 rings (SSSR count). The third-order valence-corrected chi connectivity index (χ3v) is 6.53. The summed E-state index contributed by atoms with van der Waals surface area (Å²) in [7, 11) is 0. The average molecular weight is 275 g/mol. The van der Waals surface area contributed by atoms with Gasteiger partial charge in [-0.3, -0.25) is 0 Å². The number of halogens is 1. The zero-order chi connectivity index (χ0) is 12.4. The lowest BCUT2D eigenvalue weighted by molar-refractivity contribution is 0.0863. The topological polar surface area (TPSA) is 20.2 Å². The summed E-state index contributed by atoms with van der Waals surface area (Å²) in [6.07, 6.45) is 6.46. The summed E-state index contributed by atoms with van der Waals surface area (Å²) in [4.78, 5) is 0. The van der Waals surface area contributed by atoms with Gasteiger partial charge in [-0.25, -0.2) is 0 Å². The molecule has 0 spiro atoms. The maximum absolute atomic E-state index is 10.5.